The standard InChI is InChI=1S/C11H9F3O4/c1-2-17-10-8(6-16)3-7(5-15)4-9(10)18-11(12,13)14/h3-6H,2H2,1H3. The van der Waals surface area contributed by atoms with Gasteiger partial charge in [0.25, 0.3) is 0 Å². The monoisotopic (exact) mass is 262 g/mol. The van der Waals surface area contributed by atoms with E-state index in [1.165, 1.54) is 0 Å². The number of carbonyl (C=O) groups excluding carboxylic acids is 2. The molecular weight excluding hydrogens is 253 g/mol. The second-order valence-corrected chi connectivity index (χ2v) is 3.15. The first-order valence-electron chi connectivity index (χ1n) is 4.88. The van der Waals surface area contributed by atoms with E-state index in [0.29, 0.717) is 12.6 Å². The van der Waals surface area contributed by atoms with E-state index >= 15 is 0 Å². The van der Waals surface area contributed by atoms with E-state index in [4.69, 9.17) is 4.74 Å². The van der Waals surface area contributed by atoms with Crippen molar-refractivity contribution in [1.82, 2.24) is 0 Å². The van der Waals surface area contributed by atoms with Crippen LogP contribution in [0.25, 0.3) is 0 Å². The fourth-order valence-corrected chi connectivity index (χ4v) is 1.30. The van der Waals surface area contributed by atoms with Crippen molar-refractivity contribution in [2.45, 2.75) is 13.3 Å². The van der Waals surface area contributed by atoms with Crippen molar-refractivity contribution in [2.24, 2.45) is 0 Å². The molecule has 0 N–H and O–H groups in total. The van der Waals surface area contributed by atoms with E-state index in [0.717, 1.165) is 12.1 Å². The van der Waals surface area contributed by atoms with Crippen LogP contribution >= 0.6 is 0 Å². The number of halogens is 3. The Balaban J connectivity index is 3.33. The lowest BCUT2D eigenvalue weighted by Gasteiger charge is -2.15. The SMILES string of the molecule is CCOc1c(C=O)cc(C=O)cc1OC(F)(F)F. The Bertz CT molecular complexity index is 454. The molecule has 1 aromatic carbocycles. The number of alkyl halides is 3. The van der Waals surface area contributed by atoms with Gasteiger partial charge in [0.05, 0.1) is 12.2 Å². The van der Waals surface area contributed by atoms with Gasteiger partial charge < -0.3 is 9.47 Å². The van der Waals surface area contributed by atoms with Crippen LogP contribution in [0.15, 0.2) is 12.1 Å². The Morgan fingerprint density at radius 1 is 1.22 bits per heavy atom. The Hall–Kier alpha value is -2.05. The number of benzene rings is 1. The van der Waals surface area contributed by atoms with Crippen LogP contribution in [0.2, 0.25) is 0 Å². The zero-order valence-corrected chi connectivity index (χ0v) is 9.28. The fourth-order valence-electron chi connectivity index (χ4n) is 1.30. The number of ether oxygens (including phenoxy) is 2. The molecule has 0 atom stereocenters. The molecular formula is C11H9F3O4. The van der Waals surface area contributed by atoms with Crippen LogP contribution in [0.4, 0.5) is 13.2 Å². The van der Waals surface area contributed by atoms with Crippen LogP contribution < -0.4 is 9.47 Å². The molecule has 0 aliphatic rings. The number of hydrogen-bond acceptors (Lipinski definition) is 4. The summed E-state index contributed by atoms with van der Waals surface area (Å²) in [5.74, 6) is -1.05. The lowest BCUT2D eigenvalue weighted by atomic mass is 10.1. The van der Waals surface area contributed by atoms with E-state index in [1.807, 2.05) is 0 Å². The van der Waals surface area contributed by atoms with Gasteiger partial charge in [-0.25, -0.2) is 0 Å². The molecule has 0 aromatic heterocycles. The summed E-state index contributed by atoms with van der Waals surface area (Å²) in [6.45, 7) is 1.59. The molecule has 0 fully saturated rings. The van der Waals surface area contributed by atoms with Crippen molar-refractivity contribution in [3.63, 3.8) is 0 Å². The molecule has 0 unspecified atom stereocenters. The Labute approximate surface area is 100 Å². The second kappa shape index (κ2) is 5.52. The van der Waals surface area contributed by atoms with Crippen molar-refractivity contribution >= 4 is 12.6 Å². The van der Waals surface area contributed by atoms with Crippen molar-refractivity contribution in [3.8, 4) is 11.5 Å². The molecule has 98 valence electrons. The van der Waals surface area contributed by atoms with E-state index in [1.54, 1.807) is 6.92 Å². The highest BCUT2D eigenvalue weighted by atomic mass is 19.4. The fraction of sp³-hybridized carbons (Fsp3) is 0.273. The summed E-state index contributed by atoms with van der Waals surface area (Å²) in [5, 5.41) is 0. The van der Waals surface area contributed by atoms with E-state index < -0.39 is 12.1 Å². The summed E-state index contributed by atoms with van der Waals surface area (Å²) < 4.78 is 45.2. The molecule has 0 amide bonds. The minimum atomic E-state index is -4.94. The predicted octanol–water partition coefficient (Wildman–Crippen LogP) is 2.61. The summed E-state index contributed by atoms with van der Waals surface area (Å²) in [7, 11) is 0. The van der Waals surface area contributed by atoms with Gasteiger partial charge in [0.1, 0.15) is 6.29 Å². The van der Waals surface area contributed by atoms with Crippen molar-refractivity contribution in [2.75, 3.05) is 6.61 Å². The van der Waals surface area contributed by atoms with Crippen LogP contribution in [0, 0.1) is 0 Å². The lowest BCUT2D eigenvalue weighted by molar-refractivity contribution is -0.275. The highest BCUT2D eigenvalue weighted by Crippen LogP contribution is 2.35. The number of rotatable bonds is 5. The molecule has 4 nitrogen and oxygen atoms in total. The summed E-state index contributed by atoms with van der Waals surface area (Å²) in [5.41, 5.74) is -0.291. The summed E-state index contributed by atoms with van der Waals surface area (Å²) >= 11 is 0. The third-order valence-corrected chi connectivity index (χ3v) is 1.88. The molecule has 18 heavy (non-hydrogen) atoms. The van der Waals surface area contributed by atoms with Gasteiger partial charge in [-0.15, -0.1) is 13.2 Å². The molecule has 0 heterocycles. The van der Waals surface area contributed by atoms with E-state index in [9.17, 15) is 22.8 Å². The lowest BCUT2D eigenvalue weighted by Crippen LogP contribution is -2.18. The van der Waals surface area contributed by atoms with Crippen molar-refractivity contribution < 1.29 is 32.2 Å². The minimum absolute atomic E-state index is 0.0511. The average Bonchev–Trinajstić information content (AvgIpc) is 2.29. The molecule has 0 spiro atoms. The maximum Gasteiger partial charge on any atom is 0.573 e. The van der Waals surface area contributed by atoms with Gasteiger partial charge in [0, 0.05) is 5.56 Å². The van der Waals surface area contributed by atoms with Gasteiger partial charge in [-0.1, -0.05) is 0 Å². The normalized spacial score (nSPS) is 10.9. The van der Waals surface area contributed by atoms with Gasteiger partial charge in [0.15, 0.2) is 17.8 Å². The van der Waals surface area contributed by atoms with E-state index in [2.05, 4.69) is 4.74 Å². The third kappa shape index (κ3) is 3.47. The van der Waals surface area contributed by atoms with Crippen LogP contribution in [0.3, 0.4) is 0 Å². The predicted molar refractivity (Wildman–Crippen MR) is 55.1 cm³/mol. The largest absolute Gasteiger partial charge is 0.573 e. The molecule has 0 bridgehead atoms. The third-order valence-electron chi connectivity index (χ3n) is 1.88. The van der Waals surface area contributed by atoms with Gasteiger partial charge in [-0.05, 0) is 19.1 Å². The maximum absolute atomic E-state index is 12.2. The first-order valence-corrected chi connectivity index (χ1v) is 4.88. The number of carbonyl (C=O) groups is 2. The maximum atomic E-state index is 12.2. The minimum Gasteiger partial charge on any atom is -0.489 e. The molecule has 0 saturated carbocycles. The van der Waals surface area contributed by atoms with Gasteiger partial charge in [-0.2, -0.15) is 0 Å². The molecule has 0 radical (unpaired) electrons. The second-order valence-electron chi connectivity index (χ2n) is 3.15. The molecule has 0 saturated heterocycles. The highest BCUT2D eigenvalue weighted by molar-refractivity contribution is 5.87. The van der Waals surface area contributed by atoms with Gasteiger partial charge >= 0.3 is 6.36 Å². The zero-order chi connectivity index (χ0) is 13.8. The van der Waals surface area contributed by atoms with Crippen LogP contribution in [0.1, 0.15) is 27.6 Å². The van der Waals surface area contributed by atoms with Gasteiger partial charge in [-0.3, -0.25) is 9.59 Å². The average molecular weight is 262 g/mol. The first kappa shape index (κ1) is 14.0. The quantitative estimate of drug-likeness (QED) is 0.765. The Morgan fingerprint density at radius 2 is 1.89 bits per heavy atom. The smallest absolute Gasteiger partial charge is 0.489 e. The topological polar surface area (TPSA) is 52.6 Å². The molecule has 1 rings (SSSR count). The highest BCUT2D eigenvalue weighted by Gasteiger charge is 2.33. The molecule has 0 aliphatic heterocycles. The Kier molecular flexibility index (Phi) is 4.30. The number of aldehydes is 2. The molecule has 1 aromatic rings. The van der Waals surface area contributed by atoms with Gasteiger partial charge in [0.2, 0.25) is 0 Å². The van der Waals surface area contributed by atoms with Crippen LogP contribution in [0.5, 0.6) is 11.5 Å². The molecule has 7 heteroatoms. The Morgan fingerprint density at radius 3 is 2.33 bits per heavy atom. The summed E-state index contributed by atoms with van der Waals surface area (Å²) in [6.07, 6.45) is -4.33. The van der Waals surface area contributed by atoms with Crippen molar-refractivity contribution in [1.29, 1.82) is 0 Å². The van der Waals surface area contributed by atoms with E-state index in [-0.39, 0.29) is 23.5 Å². The summed E-state index contributed by atoms with van der Waals surface area (Å²) in [6, 6.07) is 1.98. The zero-order valence-electron chi connectivity index (χ0n) is 9.28. The van der Waals surface area contributed by atoms with Crippen LogP contribution in [-0.2, 0) is 0 Å². The van der Waals surface area contributed by atoms with Crippen LogP contribution in [-0.4, -0.2) is 25.5 Å². The molecule has 0 aliphatic carbocycles. The first-order chi connectivity index (χ1) is 8.41. The number of hydrogen-bond donors (Lipinski definition) is 0. The summed E-state index contributed by atoms with van der Waals surface area (Å²) in [4.78, 5) is 21.3. The van der Waals surface area contributed by atoms with Crippen molar-refractivity contribution in [3.05, 3.63) is 23.3 Å².